The Morgan fingerprint density at radius 1 is 1.48 bits per heavy atom. The van der Waals surface area contributed by atoms with Crippen molar-refractivity contribution in [3.8, 4) is 11.3 Å². The molecule has 4 rings (SSSR count). The summed E-state index contributed by atoms with van der Waals surface area (Å²) < 4.78 is 5.69. The molecule has 3 aromatic rings. The van der Waals surface area contributed by atoms with Gasteiger partial charge in [0.15, 0.2) is 0 Å². The van der Waals surface area contributed by atoms with Crippen LogP contribution in [-0.2, 0) is 11.3 Å². The normalized spacial score (nSPS) is 16.8. The number of carbonyl (C=O) groups excluding carboxylic acids is 1. The molecule has 3 aromatic heterocycles. The van der Waals surface area contributed by atoms with Crippen LogP contribution in [0.1, 0.15) is 30.4 Å². The SMILES string of the molecule is C=CC(=O)NC1CCC=C(c2c(CN(C)C)cnc3[nH]cc(-c4ccco4)c23)C1. The summed E-state index contributed by atoms with van der Waals surface area (Å²) in [4.78, 5) is 21.9. The van der Waals surface area contributed by atoms with Crippen molar-refractivity contribution in [2.24, 2.45) is 0 Å². The number of furan rings is 1. The molecule has 1 atom stereocenters. The Bertz CT molecular complexity index is 1060. The van der Waals surface area contributed by atoms with Crippen LogP contribution in [0.15, 0.2) is 53.9 Å². The minimum absolute atomic E-state index is 0.0990. The number of fused-ring (bicyclic) bond motifs is 1. The Labute approximate surface area is 170 Å². The lowest BCUT2D eigenvalue weighted by Gasteiger charge is -2.26. The van der Waals surface area contributed by atoms with Crippen LogP contribution < -0.4 is 5.32 Å². The molecule has 0 aliphatic heterocycles. The smallest absolute Gasteiger partial charge is 0.243 e. The van der Waals surface area contributed by atoms with Gasteiger partial charge < -0.3 is 19.6 Å². The van der Waals surface area contributed by atoms with Gasteiger partial charge in [-0.05, 0) is 68.3 Å². The number of H-pyrrole nitrogens is 1. The monoisotopic (exact) mass is 390 g/mol. The highest BCUT2D eigenvalue weighted by atomic mass is 16.3. The van der Waals surface area contributed by atoms with Gasteiger partial charge in [0, 0.05) is 35.9 Å². The van der Waals surface area contributed by atoms with E-state index in [9.17, 15) is 4.79 Å². The van der Waals surface area contributed by atoms with Crippen LogP contribution in [0.2, 0.25) is 0 Å². The molecule has 0 saturated carbocycles. The van der Waals surface area contributed by atoms with Crippen LogP contribution in [0.5, 0.6) is 0 Å². The van der Waals surface area contributed by atoms with Crippen LogP contribution in [0, 0.1) is 0 Å². The van der Waals surface area contributed by atoms with E-state index in [2.05, 4.69) is 46.9 Å². The predicted molar refractivity (Wildman–Crippen MR) is 115 cm³/mol. The van der Waals surface area contributed by atoms with E-state index in [1.165, 1.54) is 17.2 Å². The zero-order valence-corrected chi connectivity index (χ0v) is 16.9. The zero-order valence-electron chi connectivity index (χ0n) is 16.9. The third-order valence-corrected chi connectivity index (χ3v) is 5.28. The Hall–Kier alpha value is -3.12. The topological polar surface area (TPSA) is 74.2 Å². The van der Waals surface area contributed by atoms with E-state index >= 15 is 0 Å². The first-order valence-electron chi connectivity index (χ1n) is 9.86. The van der Waals surface area contributed by atoms with Gasteiger partial charge in [0.25, 0.3) is 0 Å². The van der Waals surface area contributed by atoms with Gasteiger partial charge >= 0.3 is 0 Å². The zero-order chi connectivity index (χ0) is 20.4. The second kappa shape index (κ2) is 8.09. The molecule has 0 saturated heterocycles. The van der Waals surface area contributed by atoms with Crippen LogP contribution in [0.3, 0.4) is 0 Å². The first kappa shape index (κ1) is 19.2. The summed E-state index contributed by atoms with van der Waals surface area (Å²) in [6.45, 7) is 4.35. The summed E-state index contributed by atoms with van der Waals surface area (Å²) in [5.41, 5.74) is 5.44. The standard InChI is InChI=1S/C23H26N4O2/c1-4-20(28)26-17-8-5-7-15(11-17)21-16(14-27(2)3)12-24-23-22(21)18(13-25-23)19-9-6-10-29-19/h4,6-7,9-10,12-13,17H,1,5,8,11,14H2,2-3H3,(H,24,25)(H,26,28). The maximum absolute atomic E-state index is 11.8. The summed E-state index contributed by atoms with van der Waals surface area (Å²) in [6, 6.07) is 3.96. The van der Waals surface area contributed by atoms with Gasteiger partial charge in [0.2, 0.25) is 5.91 Å². The molecule has 0 bridgehead atoms. The van der Waals surface area contributed by atoms with E-state index in [-0.39, 0.29) is 11.9 Å². The molecule has 1 unspecified atom stereocenters. The fourth-order valence-electron chi connectivity index (χ4n) is 4.09. The first-order valence-corrected chi connectivity index (χ1v) is 9.86. The van der Waals surface area contributed by atoms with Crippen LogP contribution >= 0.6 is 0 Å². The molecule has 0 spiro atoms. The maximum atomic E-state index is 11.8. The Balaban J connectivity index is 1.84. The molecule has 0 fully saturated rings. The number of aromatic amines is 1. The third-order valence-electron chi connectivity index (χ3n) is 5.28. The molecule has 3 heterocycles. The number of hydrogen-bond acceptors (Lipinski definition) is 4. The van der Waals surface area contributed by atoms with Gasteiger partial charge in [-0.1, -0.05) is 12.7 Å². The van der Waals surface area contributed by atoms with E-state index in [4.69, 9.17) is 4.42 Å². The lowest BCUT2D eigenvalue weighted by Crippen LogP contribution is -2.35. The first-order chi connectivity index (χ1) is 14.1. The fourth-order valence-corrected chi connectivity index (χ4v) is 4.09. The highest BCUT2D eigenvalue weighted by Gasteiger charge is 2.24. The summed E-state index contributed by atoms with van der Waals surface area (Å²) in [5.74, 6) is 0.691. The molecule has 29 heavy (non-hydrogen) atoms. The van der Waals surface area contributed by atoms with Crippen LogP contribution in [0.25, 0.3) is 27.9 Å². The second-order valence-electron chi connectivity index (χ2n) is 7.72. The molecule has 0 radical (unpaired) electrons. The number of carbonyl (C=O) groups is 1. The van der Waals surface area contributed by atoms with E-state index in [0.717, 1.165) is 53.7 Å². The molecule has 2 N–H and O–H groups in total. The van der Waals surface area contributed by atoms with Gasteiger partial charge in [-0.3, -0.25) is 4.79 Å². The average molecular weight is 390 g/mol. The quantitative estimate of drug-likeness (QED) is 0.621. The van der Waals surface area contributed by atoms with E-state index in [1.54, 1.807) is 6.26 Å². The third kappa shape index (κ3) is 3.89. The minimum Gasteiger partial charge on any atom is -0.464 e. The number of amides is 1. The molecule has 1 aliphatic rings. The number of aromatic nitrogens is 2. The lowest BCUT2D eigenvalue weighted by atomic mass is 9.86. The Morgan fingerprint density at radius 2 is 2.34 bits per heavy atom. The number of rotatable bonds is 6. The van der Waals surface area contributed by atoms with Crippen LogP contribution in [0.4, 0.5) is 0 Å². The van der Waals surface area contributed by atoms with Crippen molar-refractivity contribution in [2.45, 2.75) is 31.8 Å². The molecule has 1 aliphatic carbocycles. The second-order valence-corrected chi connectivity index (χ2v) is 7.72. The van der Waals surface area contributed by atoms with E-state index in [0.29, 0.717) is 0 Å². The highest BCUT2D eigenvalue weighted by molar-refractivity contribution is 6.01. The fraction of sp³-hybridized carbons (Fsp3) is 0.304. The summed E-state index contributed by atoms with van der Waals surface area (Å²) in [7, 11) is 4.11. The summed E-state index contributed by atoms with van der Waals surface area (Å²) >= 11 is 0. The van der Waals surface area contributed by atoms with Crippen molar-refractivity contribution in [2.75, 3.05) is 14.1 Å². The van der Waals surface area contributed by atoms with Gasteiger partial charge in [-0.2, -0.15) is 0 Å². The molecule has 6 heteroatoms. The summed E-state index contributed by atoms with van der Waals surface area (Å²) in [5, 5.41) is 4.13. The van der Waals surface area contributed by atoms with Gasteiger partial charge in [0.05, 0.1) is 6.26 Å². The number of nitrogens with zero attached hydrogens (tertiary/aromatic N) is 2. The van der Waals surface area contributed by atoms with Crippen molar-refractivity contribution in [3.05, 3.63) is 60.6 Å². The average Bonchev–Trinajstić information content (AvgIpc) is 3.37. The molecule has 6 nitrogen and oxygen atoms in total. The molecule has 1 amide bonds. The lowest BCUT2D eigenvalue weighted by molar-refractivity contribution is -0.117. The van der Waals surface area contributed by atoms with Crippen molar-refractivity contribution in [1.82, 2.24) is 20.2 Å². The number of nitrogens with one attached hydrogen (secondary N) is 2. The van der Waals surface area contributed by atoms with E-state index < -0.39 is 0 Å². The highest BCUT2D eigenvalue weighted by Crippen LogP contribution is 2.39. The molecular formula is C23H26N4O2. The number of pyridine rings is 1. The predicted octanol–water partition coefficient (Wildman–Crippen LogP) is 4.12. The van der Waals surface area contributed by atoms with Crippen molar-refractivity contribution in [1.29, 1.82) is 0 Å². The van der Waals surface area contributed by atoms with Gasteiger partial charge in [-0.15, -0.1) is 0 Å². The van der Waals surface area contributed by atoms with Crippen molar-refractivity contribution >= 4 is 22.5 Å². The maximum Gasteiger partial charge on any atom is 0.243 e. The number of allylic oxidation sites excluding steroid dienone is 1. The summed E-state index contributed by atoms with van der Waals surface area (Å²) in [6.07, 6.45) is 11.9. The van der Waals surface area contributed by atoms with Gasteiger partial charge in [0.1, 0.15) is 11.4 Å². The molecule has 150 valence electrons. The van der Waals surface area contributed by atoms with Crippen molar-refractivity contribution < 1.29 is 9.21 Å². The van der Waals surface area contributed by atoms with E-state index in [1.807, 2.05) is 24.5 Å². The van der Waals surface area contributed by atoms with Crippen molar-refractivity contribution in [3.63, 3.8) is 0 Å². The van der Waals surface area contributed by atoms with Gasteiger partial charge in [-0.25, -0.2) is 4.98 Å². The molecular weight excluding hydrogens is 364 g/mol. The largest absolute Gasteiger partial charge is 0.464 e. The molecule has 0 aromatic carbocycles. The Kier molecular flexibility index (Phi) is 5.36. The minimum atomic E-state index is -0.123. The van der Waals surface area contributed by atoms with Crippen LogP contribution in [-0.4, -0.2) is 40.9 Å². The number of hydrogen-bond donors (Lipinski definition) is 2. The Morgan fingerprint density at radius 3 is 3.07 bits per heavy atom.